The fraction of sp³-hybridized carbons (Fsp3) is 0.0556. The molecule has 0 spiro atoms. The Hall–Kier alpha value is -2.93. The van der Waals surface area contributed by atoms with Crippen LogP contribution >= 0.6 is 15.9 Å². The Kier molecular flexibility index (Phi) is 4.07. The Labute approximate surface area is 152 Å². The van der Waals surface area contributed by atoms with Crippen molar-refractivity contribution in [3.8, 4) is 11.3 Å². The first kappa shape index (κ1) is 15.6. The van der Waals surface area contributed by atoms with Gasteiger partial charge in [-0.2, -0.15) is 14.3 Å². The molecule has 25 heavy (non-hydrogen) atoms. The van der Waals surface area contributed by atoms with Crippen LogP contribution in [-0.4, -0.2) is 14.6 Å². The molecule has 0 fully saturated rings. The summed E-state index contributed by atoms with van der Waals surface area (Å²) < 4.78 is 3.36. The number of pyridine rings is 1. The number of fused-ring (bicyclic) bond motifs is 1. The summed E-state index contributed by atoms with van der Waals surface area (Å²) in [5.41, 5.74) is 3.49. The predicted molar refractivity (Wildman–Crippen MR) is 98.9 cm³/mol. The number of hydrogen-bond donors (Lipinski definition) is 1. The highest BCUT2D eigenvalue weighted by molar-refractivity contribution is 9.10. The monoisotopic (exact) mass is 395 g/mol. The van der Waals surface area contributed by atoms with Gasteiger partial charge in [0.1, 0.15) is 5.82 Å². The Bertz CT molecular complexity index is 1030. The van der Waals surface area contributed by atoms with E-state index in [2.05, 4.69) is 26.3 Å². The first-order chi connectivity index (χ1) is 12.2. The number of hydrogen-bond acceptors (Lipinski definition) is 4. The summed E-state index contributed by atoms with van der Waals surface area (Å²) >= 11 is 3.50. The van der Waals surface area contributed by atoms with E-state index in [1.807, 2.05) is 42.5 Å². The van der Waals surface area contributed by atoms with E-state index in [9.17, 15) is 5.21 Å². The molecule has 0 saturated carbocycles. The number of rotatable bonds is 4. The van der Waals surface area contributed by atoms with Gasteiger partial charge in [-0.05, 0) is 22.0 Å². The molecule has 0 atom stereocenters. The van der Waals surface area contributed by atoms with Crippen LogP contribution < -0.4 is 10.0 Å². The third kappa shape index (κ3) is 3.18. The van der Waals surface area contributed by atoms with Gasteiger partial charge in [0.05, 0.1) is 16.4 Å². The van der Waals surface area contributed by atoms with Crippen LogP contribution in [0, 0.1) is 5.21 Å². The number of nitrogens with one attached hydrogen (secondary N) is 1. The molecule has 4 aromatic rings. The van der Waals surface area contributed by atoms with E-state index in [0.29, 0.717) is 6.54 Å². The molecule has 4 rings (SSSR count). The van der Waals surface area contributed by atoms with Gasteiger partial charge in [0, 0.05) is 29.8 Å². The SMILES string of the molecule is [O-][n+]1cccc(CNc2cc(-c3ccccc3)nc3c(Br)cnn23)c1. The second kappa shape index (κ2) is 6.52. The second-order valence-corrected chi connectivity index (χ2v) is 6.40. The molecule has 0 saturated heterocycles. The fourth-order valence-electron chi connectivity index (χ4n) is 2.62. The van der Waals surface area contributed by atoms with Gasteiger partial charge in [0.2, 0.25) is 0 Å². The maximum absolute atomic E-state index is 11.4. The van der Waals surface area contributed by atoms with Crippen LogP contribution in [0.5, 0.6) is 0 Å². The molecular formula is C18H14BrN5O. The highest BCUT2D eigenvalue weighted by Gasteiger charge is 2.11. The van der Waals surface area contributed by atoms with Crippen molar-refractivity contribution < 1.29 is 4.73 Å². The van der Waals surface area contributed by atoms with Crippen molar-refractivity contribution in [1.29, 1.82) is 0 Å². The summed E-state index contributed by atoms with van der Waals surface area (Å²) in [6.45, 7) is 0.508. The standard InChI is InChI=1S/C18H14BrN5O/c19-15-11-21-24-17(20-10-13-5-4-8-23(25)12-13)9-16(22-18(15)24)14-6-2-1-3-7-14/h1-9,11-12,20H,10H2. The first-order valence-electron chi connectivity index (χ1n) is 7.72. The maximum atomic E-state index is 11.4. The van der Waals surface area contributed by atoms with Gasteiger partial charge in [-0.25, -0.2) is 4.98 Å². The molecule has 3 heterocycles. The Morgan fingerprint density at radius 3 is 2.80 bits per heavy atom. The lowest BCUT2D eigenvalue weighted by atomic mass is 10.1. The minimum atomic E-state index is 0.508. The zero-order valence-corrected chi connectivity index (χ0v) is 14.7. The zero-order chi connectivity index (χ0) is 17.2. The molecule has 0 aliphatic rings. The van der Waals surface area contributed by atoms with Crippen molar-refractivity contribution in [2.24, 2.45) is 0 Å². The molecule has 0 unspecified atom stereocenters. The molecule has 0 radical (unpaired) electrons. The van der Waals surface area contributed by atoms with E-state index in [1.165, 1.54) is 6.20 Å². The number of aromatic nitrogens is 4. The lowest BCUT2D eigenvalue weighted by Crippen LogP contribution is -2.25. The van der Waals surface area contributed by atoms with E-state index >= 15 is 0 Å². The topological polar surface area (TPSA) is 69.2 Å². The first-order valence-corrected chi connectivity index (χ1v) is 8.51. The molecule has 7 heteroatoms. The van der Waals surface area contributed by atoms with E-state index in [0.717, 1.165) is 37.5 Å². The average Bonchev–Trinajstić information content (AvgIpc) is 3.02. The third-order valence-electron chi connectivity index (χ3n) is 3.81. The Balaban J connectivity index is 1.74. The van der Waals surface area contributed by atoms with Gasteiger partial charge < -0.3 is 10.5 Å². The Morgan fingerprint density at radius 2 is 2.00 bits per heavy atom. The van der Waals surface area contributed by atoms with Crippen LogP contribution in [0.3, 0.4) is 0 Å². The van der Waals surface area contributed by atoms with Crippen LogP contribution in [0.2, 0.25) is 0 Å². The molecule has 6 nitrogen and oxygen atoms in total. The predicted octanol–water partition coefficient (Wildman–Crippen LogP) is 3.40. The van der Waals surface area contributed by atoms with E-state index in [-0.39, 0.29) is 0 Å². The normalized spacial score (nSPS) is 10.9. The molecule has 0 bridgehead atoms. The number of halogens is 1. The lowest BCUT2D eigenvalue weighted by Gasteiger charge is -2.11. The number of nitrogens with zero attached hydrogens (tertiary/aromatic N) is 4. The molecule has 0 amide bonds. The van der Waals surface area contributed by atoms with Crippen molar-refractivity contribution in [1.82, 2.24) is 14.6 Å². The highest BCUT2D eigenvalue weighted by atomic mass is 79.9. The largest absolute Gasteiger partial charge is 0.619 e. The van der Waals surface area contributed by atoms with Gasteiger partial charge in [0.15, 0.2) is 18.0 Å². The van der Waals surface area contributed by atoms with Crippen molar-refractivity contribution >= 4 is 27.4 Å². The quantitative estimate of drug-likeness (QED) is 0.424. The minimum absolute atomic E-state index is 0.508. The van der Waals surface area contributed by atoms with Crippen molar-refractivity contribution in [2.75, 3.05) is 5.32 Å². The van der Waals surface area contributed by atoms with Crippen LogP contribution in [0.4, 0.5) is 5.82 Å². The highest BCUT2D eigenvalue weighted by Crippen LogP contribution is 2.25. The molecular weight excluding hydrogens is 382 g/mol. The second-order valence-electron chi connectivity index (χ2n) is 5.55. The van der Waals surface area contributed by atoms with Crippen LogP contribution in [-0.2, 0) is 6.54 Å². The summed E-state index contributed by atoms with van der Waals surface area (Å²) in [4.78, 5) is 4.69. The fourth-order valence-corrected chi connectivity index (χ4v) is 2.97. The van der Waals surface area contributed by atoms with Crippen molar-refractivity contribution in [2.45, 2.75) is 6.54 Å². The van der Waals surface area contributed by atoms with Crippen molar-refractivity contribution in [3.63, 3.8) is 0 Å². The van der Waals surface area contributed by atoms with E-state index in [1.54, 1.807) is 23.0 Å². The lowest BCUT2D eigenvalue weighted by molar-refractivity contribution is -0.605. The van der Waals surface area contributed by atoms with Crippen molar-refractivity contribution in [3.05, 3.63) is 82.4 Å². The zero-order valence-electron chi connectivity index (χ0n) is 13.1. The van der Waals surface area contributed by atoms with Gasteiger partial charge in [-0.15, -0.1) is 0 Å². The molecule has 1 N–H and O–H groups in total. The van der Waals surface area contributed by atoms with E-state index in [4.69, 9.17) is 4.98 Å². The number of anilines is 1. The summed E-state index contributed by atoms with van der Waals surface area (Å²) in [5.74, 6) is 0.802. The van der Waals surface area contributed by atoms with Gasteiger partial charge >= 0.3 is 0 Å². The third-order valence-corrected chi connectivity index (χ3v) is 4.37. The molecule has 0 aliphatic heterocycles. The van der Waals surface area contributed by atoms with E-state index < -0.39 is 0 Å². The average molecular weight is 396 g/mol. The Morgan fingerprint density at radius 1 is 1.16 bits per heavy atom. The summed E-state index contributed by atoms with van der Waals surface area (Å²) in [7, 11) is 0. The summed E-state index contributed by atoms with van der Waals surface area (Å²) in [6, 6.07) is 15.6. The van der Waals surface area contributed by atoms with Gasteiger partial charge in [-0.1, -0.05) is 30.3 Å². The van der Waals surface area contributed by atoms with Crippen LogP contribution in [0.25, 0.3) is 16.9 Å². The number of benzene rings is 1. The molecule has 0 aliphatic carbocycles. The molecule has 124 valence electrons. The summed E-state index contributed by atoms with van der Waals surface area (Å²) in [6.07, 6.45) is 4.73. The maximum Gasteiger partial charge on any atom is 0.185 e. The minimum Gasteiger partial charge on any atom is -0.619 e. The van der Waals surface area contributed by atoms with Crippen LogP contribution in [0.15, 0.2) is 71.6 Å². The van der Waals surface area contributed by atoms with Crippen LogP contribution in [0.1, 0.15) is 5.56 Å². The van der Waals surface area contributed by atoms with Gasteiger partial charge in [-0.3, -0.25) is 0 Å². The van der Waals surface area contributed by atoms with Gasteiger partial charge in [0.25, 0.3) is 0 Å². The summed E-state index contributed by atoms with van der Waals surface area (Å²) in [5, 5.41) is 19.1. The smallest absolute Gasteiger partial charge is 0.185 e. The molecule has 3 aromatic heterocycles. The molecule has 1 aromatic carbocycles.